The van der Waals surface area contributed by atoms with Crippen LogP contribution in [0.2, 0.25) is 0 Å². The van der Waals surface area contributed by atoms with Gasteiger partial charge in [-0.25, -0.2) is 0 Å². The lowest BCUT2D eigenvalue weighted by Gasteiger charge is -2.06. The average Bonchev–Trinajstić information content (AvgIpc) is 2.66. The summed E-state index contributed by atoms with van der Waals surface area (Å²) in [5.74, 6) is 0. The molecule has 0 amide bonds. The van der Waals surface area contributed by atoms with Crippen LogP contribution in [0.15, 0.2) is 28.9 Å². The van der Waals surface area contributed by atoms with E-state index in [2.05, 4.69) is 4.18 Å². The molecule has 0 saturated heterocycles. The van der Waals surface area contributed by atoms with E-state index in [-0.39, 0.29) is 23.1 Å². The first-order valence-corrected chi connectivity index (χ1v) is 6.91. The molecule has 0 aliphatic rings. The van der Waals surface area contributed by atoms with E-state index in [0.29, 0.717) is 0 Å². The molecule has 0 spiro atoms. The predicted molar refractivity (Wildman–Crippen MR) is 60.8 cm³/mol. The first-order valence-electron chi connectivity index (χ1n) is 5.09. The van der Waals surface area contributed by atoms with Crippen molar-refractivity contribution in [3.63, 3.8) is 0 Å². The molecule has 0 N–H and O–H groups in total. The second-order valence-electron chi connectivity index (χ2n) is 3.91. The number of para-hydroxylation sites is 1. The summed E-state index contributed by atoms with van der Waals surface area (Å²) in [6.07, 6.45) is -2.62. The van der Waals surface area contributed by atoms with Crippen LogP contribution in [0.1, 0.15) is 11.1 Å². The van der Waals surface area contributed by atoms with Crippen molar-refractivity contribution in [3.8, 4) is 0 Å². The summed E-state index contributed by atoms with van der Waals surface area (Å²) in [5.41, 5.74) is -0.996. The molecule has 0 unspecified atom stereocenters. The van der Waals surface area contributed by atoms with Gasteiger partial charge in [-0.15, -0.1) is 0 Å². The van der Waals surface area contributed by atoms with Gasteiger partial charge in [-0.1, -0.05) is 12.1 Å². The zero-order valence-electron chi connectivity index (χ0n) is 9.69. The van der Waals surface area contributed by atoms with Crippen LogP contribution in [-0.4, -0.2) is 14.7 Å². The molecule has 2 aromatic rings. The van der Waals surface area contributed by atoms with Crippen LogP contribution in [0.3, 0.4) is 0 Å². The van der Waals surface area contributed by atoms with Gasteiger partial charge >= 0.3 is 6.18 Å². The molecule has 0 saturated carbocycles. The maximum absolute atomic E-state index is 12.7. The fourth-order valence-corrected chi connectivity index (χ4v) is 1.96. The van der Waals surface area contributed by atoms with Gasteiger partial charge in [0.25, 0.3) is 10.1 Å². The van der Waals surface area contributed by atoms with E-state index >= 15 is 0 Å². The first-order chi connectivity index (χ1) is 8.68. The van der Waals surface area contributed by atoms with Crippen LogP contribution in [-0.2, 0) is 27.1 Å². The Morgan fingerprint density at radius 2 is 2.00 bits per heavy atom. The molecule has 1 aromatic carbocycles. The zero-order chi connectivity index (χ0) is 14.3. The highest BCUT2D eigenvalue weighted by Crippen LogP contribution is 2.36. The number of hydrogen-bond acceptors (Lipinski definition) is 4. The topological polar surface area (TPSA) is 56.5 Å². The number of halogens is 3. The third kappa shape index (κ3) is 3.07. The fraction of sp³-hybridized carbons (Fsp3) is 0.273. The Morgan fingerprint density at radius 3 is 2.58 bits per heavy atom. The van der Waals surface area contributed by atoms with E-state index in [1.54, 1.807) is 0 Å². The summed E-state index contributed by atoms with van der Waals surface area (Å²) in [7, 11) is -3.67. The minimum atomic E-state index is -4.54. The van der Waals surface area contributed by atoms with Gasteiger partial charge in [0, 0.05) is 10.9 Å². The molecule has 0 atom stereocenters. The maximum atomic E-state index is 12.7. The molecule has 0 radical (unpaired) electrons. The van der Waals surface area contributed by atoms with Crippen LogP contribution in [0.25, 0.3) is 11.0 Å². The normalized spacial score (nSPS) is 13.1. The molecular weight excluding hydrogens is 285 g/mol. The highest BCUT2D eigenvalue weighted by Gasteiger charge is 2.34. The van der Waals surface area contributed by atoms with Gasteiger partial charge < -0.3 is 4.42 Å². The molecule has 1 heterocycles. The standard InChI is InChI=1S/C11H9F3O4S/c1-19(15,16)18-6-7-5-17-10-8(7)3-2-4-9(10)11(12,13)14/h2-5H,6H2,1H3. The molecule has 1 aromatic heterocycles. The lowest BCUT2D eigenvalue weighted by atomic mass is 10.1. The predicted octanol–water partition coefficient (Wildman–Crippen LogP) is 2.93. The Hall–Kier alpha value is -1.54. The van der Waals surface area contributed by atoms with Crippen LogP contribution >= 0.6 is 0 Å². The molecule has 0 aliphatic carbocycles. The van der Waals surface area contributed by atoms with Gasteiger partial charge in [0.2, 0.25) is 0 Å². The van der Waals surface area contributed by atoms with Gasteiger partial charge in [0.15, 0.2) is 0 Å². The lowest BCUT2D eigenvalue weighted by Crippen LogP contribution is -2.05. The van der Waals surface area contributed by atoms with Crippen LogP contribution in [0.5, 0.6) is 0 Å². The summed E-state index contributed by atoms with van der Waals surface area (Å²) in [5, 5.41) is 0.179. The minimum Gasteiger partial charge on any atom is -0.463 e. The van der Waals surface area contributed by atoms with Crippen molar-refractivity contribution in [1.29, 1.82) is 0 Å². The highest BCUT2D eigenvalue weighted by atomic mass is 32.2. The van der Waals surface area contributed by atoms with Crippen LogP contribution in [0, 0.1) is 0 Å². The van der Waals surface area contributed by atoms with E-state index in [1.807, 2.05) is 0 Å². The van der Waals surface area contributed by atoms with Crippen molar-refractivity contribution in [1.82, 2.24) is 0 Å². The Bertz CT molecular complexity index is 700. The monoisotopic (exact) mass is 294 g/mol. The molecule has 2 rings (SSSR count). The zero-order valence-corrected chi connectivity index (χ0v) is 10.5. The van der Waals surface area contributed by atoms with Gasteiger partial charge in [0.05, 0.1) is 24.7 Å². The fourth-order valence-electron chi connectivity index (χ4n) is 1.62. The van der Waals surface area contributed by atoms with E-state index in [1.165, 1.54) is 12.1 Å². The molecule has 4 nitrogen and oxygen atoms in total. The van der Waals surface area contributed by atoms with E-state index < -0.39 is 21.9 Å². The molecule has 0 fully saturated rings. The Labute approximate surface area is 106 Å². The summed E-state index contributed by atoms with van der Waals surface area (Å²) in [4.78, 5) is 0. The van der Waals surface area contributed by atoms with Crippen LogP contribution in [0.4, 0.5) is 13.2 Å². The molecule has 19 heavy (non-hydrogen) atoms. The largest absolute Gasteiger partial charge is 0.463 e. The summed E-state index contributed by atoms with van der Waals surface area (Å²) >= 11 is 0. The van der Waals surface area contributed by atoms with Gasteiger partial charge in [-0.05, 0) is 6.07 Å². The Balaban J connectivity index is 2.45. The van der Waals surface area contributed by atoms with Crippen molar-refractivity contribution in [2.75, 3.05) is 6.26 Å². The number of fused-ring (bicyclic) bond motifs is 1. The van der Waals surface area contributed by atoms with E-state index in [4.69, 9.17) is 4.42 Å². The molecule has 8 heteroatoms. The second kappa shape index (κ2) is 4.53. The molecule has 104 valence electrons. The van der Waals surface area contributed by atoms with Crippen molar-refractivity contribution < 1.29 is 30.2 Å². The van der Waals surface area contributed by atoms with Crippen molar-refractivity contribution in [2.45, 2.75) is 12.8 Å². The maximum Gasteiger partial charge on any atom is 0.420 e. The first kappa shape index (κ1) is 13.9. The molecule has 0 aliphatic heterocycles. The Kier molecular flexibility index (Phi) is 3.31. The van der Waals surface area contributed by atoms with E-state index in [0.717, 1.165) is 18.6 Å². The third-order valence-electron chi connectivity index (χ3n) is 2.41. The SMILES string of the molecule is CS(=O)(=O)OCc1coc2c(C(F)(F)F)cccc12. The van der Waals surface area contributed by atoms with Gasteiger partial charge in [-0.2, -0.15) is 21.6 Å². The smallest absolute Gasteiger partial charge is 0.420 e. The number of benzene rings is 1. The third-order valence-corrected chi connectivity index (χ3v) is 2.96. The lowest BCUT2D eigenvalue weighted by molar-refractivity contribution is -0.136. The number of alkyl halides is 3. The quantitative estimate of drug-likeness (QED) is 0.817. The van der Waals surface area contributed by atoms with Crippen molar-refractivity contribution >= 4 is 21.1 Å². The molecule has 0 bridgehead atoms. The number of hydrogen-bond donors (Lipinski definition) is 0. The number of furan rings is 1. The van der Waals surface area contributed by atoms with Gasteiger partial charge in [0.1, 0.15) is 5.58 Å². The van der Waals surface area contributed by atoms with Crippen LogP contribution < -0.4 is 0 Å². The van der Waals surface area contributed by atoms with Gasteiger partial charge in [-0.3, -0.25) is 4.18 Å². The summed E-state index contributed by atoms with van der Waals surface area (Å²) in [6, 6.07) is 3.53. The Morgan fingerprint density at radius 1 is 1.32 bits per heavy atom. The van der Waals surface area contributed by atoms with E-state index in [9.17, 15) is 21.6 Å². The minimum absolute atomic E-state index is 0.179. The summed E-state index contributed by atoms with van der Waals surface area (Å²) < 4.78 is 69.3. The van der Waals surface area contributed by atoms with Crippen molar-refractivity contribution in [3.05, 3.63) is 35.6 Å². The molecular formula is C11H9F3O4S. The average molecular weight is 294 g/mol. The van der Waals surface area contributed by atoms with Crippen molar-refractivity contribution in [2.24, 2.45) is 0 Å². The highest BCUT2D eigenvalue weighted by molar-refractivity contribution is 7.85. The summed E-state index contributed by atoms with van der Waals surface area (Å²) in [6.45, 7) is -0.368. The number of rotatable bonds is 3. The second-order valence-corrected chi connectivity index (χ2v) is 5.55.